The first-order valence-electron chi connectivity index (χ1n) is 7.67. The summed E-state index contributed by atoms with van der Waals surface area (Å²) in [5.74, 6) is -0.476. The summed E-state index contributed by atoms with van der Waals surface area (Å²) in [7, 11) is 0. The van der Waals surface area contributed by atoms with E-state index in [-0.39, 0.29) is 17.1 Å². The van der Waals surface area contributed by atoms with Crippen molar-refractivity contribution in [3.05, 3.63) is 52.2 Å². The Balaban J connectivity index is 1.95. The Kier molecular flexibility index (Phi) is 4.50. The minimum absolute atomic E-state index is 0.114. The number of rotatable bonds is 3. The zero-order chi connectivity index (χ0) is 18.1. The Morgan fingerprint density at radius 3 is 2.44 bits per heavy atom. The number of thioether (sulfide) groups is 1. The van der Waals surface area contributed by atoms with E-state index in [1.165, 1.54) is 6.92 Å². The van der Waals surface area contributed by atoms with Gasteiger partial charge in [0.25, 0.3) is 11.1 Å². The van der Waals surface area contributed by atoms with Gasteiger partial charge in [0.2, 0.25) is 5.91 Å². The van der Waals surface area contributed by atoms with Gasteiger partial charge in [-0.15, -0.1) is 0 Å². The molecule has 1 aliphatic heterocycles. The van der Waals surface area contributed by atoms with Gasteiger partial charge < -0.3 is 9.88 Å². The third kappa shape index (κ3) is 3.51. The Morgan fingerprint density at radius 1 is 1.20 bits per heavy atom. The molecule has 1 aromatic heterocycles. The second-order valence-corrected chi connectivity index (χ2v) is 6.76. The maximum Gasteiger partial charge on any atom is 0.290 e. The number of aromatic nitrogens is 1. The van der Waals surface area contributed by atoms with Gasteiger partial charge in [0.15, 0.2) is 0 Å². The quantitative estimate of drug-likeness (QED) is 0.827. The normalized spacial score (nSPS) is 15.6. The standard InChI is InChI=1S/C18H17N3O3S/c1-10-8-13(9-16-17(23)20-18(24)25-16)11(2)21(10)15-6-4-14(5-7-15)19-12(3)22/h4-9H,1-3H3,(H,19,22)(H,20,23,24)/b16-9-. The molecule has 25 heavy (non-hydrogen) atoms. The second kappa shape index (κ2) is 6.60. The molecule has 1 aromatic carbocycles. The van der Waals surface area contributed by atoms with Crippen LogP contribution in [0.2, 0.25) is 0 Å². The molecule has 128 valence electrons. The maximum absolute atomic E-state index is 11.7. The van der Waals surface area contributed by atoms with Gasteiger partial charge in [0.05, 0.1) is 4.91 Å². The lowest BCUT2D eigenvalue weighted by molar-refractivity contribution is -0.115. The Morgan fingerprint density at radius 2 is 1.88 bits per heavy atom. The second-order valence-electron chi connectivity index (χ2n) is 5.74. The number of nitrogens with zero attached hydrogens (tertiary/aromatic N) is 1. The molecule has 0 atom stereocenters. The van der Waals surface area contributed by atoms with Gasteiger partial charge in [-0.2, -0.15) is 0 Å². The van der Waals surface area contributed by atoms with E-state index in [1.54, 1.807) is 6.08 Å². The number of hydrogen-bond acceptors (Lipinski definition) is 4. The number of imide groups is 1. The van der Waals surface area contributed by atoms with Gasteiger partial charge in [0.1, 0.15) is 0 Å². The van der Waals surface area contributed by atoms with Crippen molar-refractivity contribution in [2.24, 2.45) is 0 Å². The monoisotopic (exact) mass is 355 g/mol. The van der Waals surface area contributed by atoms with Gasteiger partial charge in [-0.05, 0) is 67.6 Å². The molecular formula is C18H17N3O3S. The lowest BCUT2D eigenvalue weighted by Gasteiger charge is -2.11. The molecule has 3 rings (SSSR count). The van der Waals surface area contributed by atoms with Crippen molar-refractivity contribution in [2.45, 2.75) is 20.8 Å². The van der Waals surface area contributed by atoms with Crippen molar-refractivity contribution in [2.75, 3.05) is 5.32 Å². The van der Waals surface area contributed by atoms with Gasteiger partial charge >= 0.3 is 0 Å². The highest BCUT2D eigenvalue weighted by Crippen LogP contribution is 2.29. The predicted octanol–water partition coefficient (Wildman–Crippen LogP) is 3.38. The summed E-state index contributed by atoms with van der Waals surface area (Å²) in [6, 6.07) is 9.49. The molecular weight excluding hydrogens is 338 g/mol. The van der Waals surface area contributed by atoms with Crippen LogP contribution in [0.25, 0.3) is 11.8 Å². The van der Waals surface area contributed by atoms with E-state index < -0.39 is 0 Å². The summed E-state index contributed by atoms with van der Waals surface area (Å²) in [6.07, 6.45) is 1.73. The number of anilines is 1. The SMILES string of the molecule is CC(=O)Nc1ccc(-n2c(C)cc(/C=C3\SC(=O)NC3=O)c2C)cc1. The number of hydrogen-bond donors (Lipinski definition) is 2. The fraction of sp³-hybridized carbons (Fsp3) is 0.167. The Labute approximate surface area is 149 Å². The van der Waals surface area contributed by atoms with Crippen LogP contribution in [-0.4, -0.2) is 21.6 Å². The van der Waals surface area contributed by atoms with Gasteiger partial charge in [0, 0.05) is 29.7 Å². The molecule has 3 amide bonds. The van der Waals surface area contributed by atoms with Crippen molar-refractivity contribution in [3.8, 4) is 5.69 Å². The molecule has 7 heteroatoms. The van der Waals surface area contributed by atoms with Crippen LogP contribution < -0.4 is 10.6 Å². The summed E-state index contributed by atoms with van der Waals surface area (Å²) in [4.78, 5) is 34.5. The Bertz CT molecular complexity index is 910. The molecule has 0 radical (unpaired) electrons. The average Bonchev–Trinajstić information content (AvgIpc) is 2.99. The molecule has 2 heterocycles. The summed E-state index contributed by atoms with van der Waals surface area (Å²) in [5.41, 5.74) is 4.54. The highest BCUT2D eigenvalue weighted by Gasteiger charge is 2.25. The van der Waals surface area contributed by atoms with Crippen molar-refractivity contribution in [1.29, 1.82) is 0 Å². The summed E-state index contributed by atoms with van der Waals surface area (Å²) < 4.78 is 2.06. The minimum atomic E-state index is -0.362. The van der Waals surface area contributed by atoms with Crippen LogP contribution in [0, 0.1) is 13.8 Å². The van der Waals surface area contributed by atoms with E-state index >= 15 is 0 Å². The van der Waals surface area contributed by atoms with E-state index in [2.05, 4.69) is 15.2 Å². The molecule has 2 N–H and O–H groups in total. The predicted molar refractivity (Wildman–Crippen MR) is 98.7 cm³/mol. The van der Waals surface area contributed by atoms with Crippen molar-refractivity contribution < 1.29 is 14.4 Å². The lowest BCUT2D eigenvalue weighted by atomic mass is 10.2. The number of carbonyl (C=O) groups is 3. The third-order valence-electron chi connectivity index (χ3n) is 3.84. The highest BCUT2D eigenvalue weighted by molar-refractivity contribution is 8.18. The molecule has 1 saturated heterocycles. The Hall–Kier alpha value is -2.80. The number of benzene rings is 1. The molecule has 0 bridgehead atoms. The molecule has 1 fully saturated rings. The molecule has 0 saturated carbocycles. The largest absolute Gasteiger partial charge is 0.326 e. The van der Waals surface area contributed by atoms with Crippen molar-refractivity contribution in [3.63, 3.8) is 0 Å². The summed E-state index contributed by atoms with van der Waals surface area (Å²) in [6.45, 7) is 5.40. The smallest absolute Gasteiger partial charge is 0.290 e. The fourth-order valence-corrected chi connectivity index (χ4v) is 3.46. The molecule has 6 nitrogen and oxygen atoms in total. The molecule has 1 aliphatic rings. The van der Waals surface area contributed by atoms with Crippen LogP contribution in [-0.2, 0) is 9.59 Å². The van der Waals surface area contributed by atoms with Gasteiger partial charge in [-0.3, -0.25) is 19.7 Å². The number of aryl methyl sites for hydroxylation is 1. The van der Waals surface area contributed by atoms with Crippen LogP contribution in [0.15, 0.2) is 35.2 Å². The molecule has 0 unspecified atom stereocenters. The van der Waals surface area contributed by atoms with Crippen LogP contribution in [0.5, 0.6) is 0 Å². The fourth-order valence-electron chi connectivity index (χ4n) is 2.79. The van der Waals surface area contributed by atoms with Crippen molar-refractivity contribution in [1.82, 2.24) is 9.88 Å². The first-order valence-corrected chi connectivity index (χ1v) is 8.48. The van der Waals surface area contributed by atoms with Crippen LogP contribution in [0.4, 0.5) is 10.5 Å². The van der Waals surface area contributed by atoms with Crippen molar-refractivity contribution >= 4 is 40.6 Å². The third-order valence-corrected chi connectivity index (χ3v) is 4.66. The summed E-state index contributed by atoms with van der Waals surface area (Å²) in [5, 5.41) is 4.65. The molecule has 2 aromatic rings. The first-order chi connectivity index (χ1) is 11.8. The van der Waals surface area contributed by atoms with Gasteiger partial charge in [-0.1, -0.05) is 0 Å². The van der Waals surface area contributed by atoms with E-state index in [0.717, 1.165) is 40.1 Å². The van der Waals surface area contributed by atoms with Crippen LogP contribution >= 0.6 is 11.8 Å². The number of amides is 3. The lowest BCUT2D eigenvalue weighted by Crippen LogP contribution is -2.17. The van der Waals surface area contributed by atoms with Gasteiger partial charge in [-0.25, -0.2) is 0 Å². The van der Waals surface area contributed by atoms with E-state index in [1.807, 2.05) is 44.2 Å². The van der Waals surface area contributed by atoms with Crippen LogP contribution in [0.1, 0.15) is 23.9 Å². The number of carbonyl (C=O) groups excluding carboxylic acids is 3. The molecule has 0 aliphatic carbocycles. The summed E-state index contributed by atoms with van der Waals surface area (Å²) >= 11 is 0.908. The van der Waals surface area contributed by atoms with E-state index in [0.29, 0.717) is 4.91 Å². The van der Waals surface area contributed by atoms with E-state index in [4.69, 9.17) is 0 Å². The topological polar surface area (TPSA) is 80.2 Å². The highest BCUT2D eigenvalue weighted by atomic mass is 32.2. The van der Waals surface area contributed by atoms with E-state index in [9.17, 15) is 14.4 Å². The molecule has 0 spiro atoms. The average molecular weight is 355 g/mol. The zero-order valence-electron chi connectivity index (χ0n) is 14.0. The van der Waals surface area contributed by atoms with Crippen LogP contribution in [0.3, 0.4) is 0 Å². The number of nitrogens with one attached hydrogen (secondary N) is 2. The minimum Gasteiger partial charge on any atom is -0.326 e. The first kappa shape index (κ1) is 17.0. The maximum atomic E-state index is 11.7. The zero-order valence-corrected chi connectivity index (χ0v) is 14.9.